The predicted octanol–water partition coefficient (Wildman–Crippen LogP) is 2.92. The summed E-state index contributed by atoms with van der Waals surface area (Å²) in [6.07, 6.45) is 2.71. The van der Waals surface area contributed by atoms with Crippen LogP contribution in [-0.2, 0) is 17.9 Å². The topological polar surface area (TPSA) is 86.1 Å². The maximum absolute atomic E-state index is 12.9. The molecule has 1 amide bonds. The van der Waals surface area contributed by atoms with Crippen molar-refractivity contribution in [2.75, 3.05) is 0 Å². The van der Waals surface area contributed by atoms with Gasteiger partial charge in [-0.3, -0.25) is 14.6 Å². The Balaban J connectivity index is 1.56. The minimum Gasteiger partial charge on any atom is -0.481 e. The first-order valence-electron chi connectivity index (χ1n) is 9.99. The van der Waals surface area contributed by atoms with Gasteiger partial charge in [-0.15, -0.1) is 0 Å². The molecule has 4 rings (SSSR count). The average Bonchev–Trinajstić information content (AvgIpc) is 2.81. The van der Waals surface area contributed by atoms with E-state index in [-0.39, 0.29) is 18.0 Å². The van der Waals surface area contributed by atoms with E-state index in [9.17, 15) is 9.59 Å². The zero-order valence-electron chi connectivity index (χ0n) is 17.1. The van der Waals surface area contributed by atoms with Crippen LogP contribution in [0.25, 0.3) is 10.8 Å². The van der Waals surface area contributed by atoms with E-state index in [1.807, 2.05) is 48.5 Å². The number of fused-ring (bicyclic) bond motifs is 1. The first-order valence-corrected chi connectivity index (χ1v) is 9.99. The van der Waals surface area contributed by atoms with Crippen molar-refractivity contribution in [3.05, 3.63) is 101 Å². The number of para-hydroxylation sites is 1. The fourth-order valence-electron chi connectivity index (χ4n) is 3.28. The van der Waals surface area contributed by atoms with Crippen molar-refractivity contribution in [1.29, 1.82) is 0 Å². The lowest BCUT2D eigenvalue weighted by Gasteiger charge is -2.16. The Hall–Kier alpha value is -4.00. The molecule has 0 aliphatic heterocycles. The third kappa shape index (κ3) is 4.78. The molecule has 156 valence electrons. The zero-order chi connectivity index (χ0) is 21.6. The molecule has 2 aromatic carbocycles. The second kappa shape index (κ2) is 9.21. The van der Waals surface area contributed by atoms with E-state index in [4.69, 9.17) is 4.74 Å². The van der Waals surface area contributed by atoms with Crippen LogP contribution in [0.3, 0.4) is 0 Å². The minimum atomic E-state index is -0.671. The number of carbonyl (C=O) groups excluding carboxylic acids is 1. The molecule has 1 unspecified atom stereocenters. The van der Waals surface area contributed by atoms with Crippen LogP contribution >= 0.6 is 0 Å². The maximum atomic E-state index is 12.9. The molecule has 2 heterocycles. The quantitative estimate of drug-likeness (QED) is 0.503. The molecule has 31 heavy (non-hydrogen) atoms. The molecule has 7 nitrogen and oxygen atoms in total. The normalized spacial score (nSPS) is 11.8. The highest BCUT2D eigenvalue weighted by Gasteiger charge is 2.16. The SMILES string of the molecule is CC(Oc1ccccc1)C(=O)NCc1nn(Cc2cccnc2)c(=O)c2ccccc12. The lowest BCUT2D eigenvalue weighted by atomic mass is 10.1. The summed E-state index contributed by atoms with van der Waals surface area (Å²) < 4.78 is 7.09. The summed E-state index contributed by atoms with van der Waals surface area (Å²) in [5, 5.41) is 8.67. The number of nitrogens with one attached hydrogen (secondary N) is 1. The van der Waals surface area contributed by atoms with Crippen molar-refractivity contribution in [1.82, 2.24) is 20.1 Å². The van der Waals surface area contributed by atoms with Crippen molar-refractivity contribution >= 4 is 16.7 Å². The van der Waals surface area contributed by atoms with Gasteiger partial charge in [-0.2, -0.15) is 5.10 Å². The first kappa shape index (κ1) is 20.3. The molecule has 1 atom stereocenters. The summed E-state index contributed by atoms with van der Waals surface area (Å²) in [6.45, 7) is 2.17. The molecule has 0 saturated heterocycles. The monoisotopic (exact) mass is 414 g/mol. The number of rotatable bonds is 7. The third-order valence-electron chi connectivity index (χ3n) is 4.85. The molecule has 0 bridgehead atoms. The Morgan fingerprint density at radius 2 is 1.77 bits per heavy atom. The third-order valence-corrected chi connectivity index (χ3v) is 4.85. The Morgan fingerprint density at radius 3 is 2.52 bits per heavy atom. The van der Waals surface area contributed by atoms with Crippen molar-refractivity contribution < 1.29 is 9.53 Å². The van der Waals surface area contributed by atoms with Gasteiger partial charge in [0.1, 0.15) is 5.75 Å². The van der Waals surface area contributed by atoms with E-state index in [1.54, 1.807) is 37.5 Å². The number of ether oxygens (including phenoxy) is 1. The second-order valence-corrected chi connectivity index (χ2v) is 7.11. The first-order chi connectivity index (χ1) is 15.1. The Morgan fingerprint density at radius 1 is 1.03 bits per heavy atom. The standard InChI is InChI=1S/C24H22N4O3/c1-17(31-19-9-3-2-4-10-19)23(29)26-15-22-20-11-5-6-12-21(20)24(30)28(27-22)16-18-8-7-13-25-14-18/h2-14,17H,15-16H2,1H3,(H,26,29). The van der Waals surface area contributed by atoms with E-state index >= 15 is 0 Å². The van der Waals surface area contributed by atoms with Crippen LogP contribution in [0.2, 0.25) is 0 Å². The van der Waals surface area contributed by atoms with E-state index in [1.165, 1.54) is 4.68 Å². The van der Waals surface area contributed by atoms with Gasteiger partial charge in [0, 0.05) is 17.8 Å². The molecule has 0 radical (unpaired) electrons. The van der Waals surface area contributed by atoms with Crippen molar-refractivity contribution in [3.8, 4) is 5.75 Å². The van der Waals surface area contributed by atoms with Gasteiger partial charge < -0.3 is 10.1 Å². The van der Waals surface area contributed by atoms with E-state index < -0.39 is 6.10 Å². The molecule has 0 aliphatic rings. The Bertz CT molecular complexity index is 1240. The van der Waals surface area contributed by atoms with Crippen molar-refractivity contribution in [2.45, 2.75) is 26.1 Å². The zero-order valence-corrected chi connectivity index (χ0v) is 17.1. The number of aromatic nitrogens is 3. The molecule has 4 aromatic rings. The highest BCUT2D eigenvalue weighted by Crippen LogP contribution is 2.14. The van der Waals surface area contributed by atoms with Gasteiger partial charge in [0.25, 0.3) is 11.5 Å². The second-order valence-electron chi connectivity index (χ2n) is 7.11. The predicted molar refractivity (Wildman–Crippen MR) is 118 cm³/mol. The molecule has 0 aliphatic carbocycles. The molecular weight excluding hydrogens is 392 g/mol. The van der Waals surface area contributed by atoms with Gasteiger partial charge in [0.15, 0.2) is 6.10 Å². The molecule has 0 fully saturated rings. The summed E-state index contributed by atoms with van der Waals surface area (Å²) in [4.78, 5) is 29.6. The van der Waals surface area contributed by atoms with Crippen LogP contribution in [0.5, 0.6) is 5.75 Å². The number of hydrogen-bond acceptors (Lipinski definition) is 5. The minimum absolute atomic E-state index is 0.176. The fraction of sp³-hybridized carbons (Fsp3) is 0.167. The van der Waals surface area contributed by atoms with Gasteiger partial charge in [-0.25, -0.2) is 4.68 Å². The molecule has 1 N–H and O–H groups in total. The van der Waals surface area contributed by atoms with Crippen LogP contribution in [0.15, 0.2) is 83.9 Å². The summed E-state index contributed by atoms with van der Waals surface area (Å²) in [7, 11) is 0. The van der Waals surface area contributed by atoms with Crippen LogP contribution in [-0.4, -0.2) is 26.8 Å². The van der Waals surface area contributed by atoms with Crippen molar-refractivity contribution in [2.24, 2.45) is 0 Å². The number of carbonyl (C=O) groups is 1. The van der Waals surface area contributed by atoms with Crippen LogP contribution in [0.4, 0.5) is 0 Å². The van der Waals surface area contributed by atoms with Crippen molar-refractivity contribution in [3.63, 3.8) is 0 Å². The fourth-order valence-corrected chi connectivity index (χ4v) is 3.28. The summed E-state index contributed by atoms with van der Waals surface area (Å²) in [5.74, 6) is 0.360. The van der Waals surface area contributed by atoms with E-state index in [0.717, 1.165) is 5.56 Å². The molecule has 0 saturated carbocycles. The highest BCUT2D eigenvalue weighted by atomic mass is 16.5. The maximum Gasteiger partial charge on any atom is 0.274 e. The van der Waals surface area contributed by atoms with Crippen LogP contribution in [0, 0.1) is 0 Å². The lowest BCUT2D eigenvalue weighted by Crippen LogP contribution is -2.36. The number of pyridine rings is 1. The highest BCUT2D eigenvalue weighted by molar-refractivity contribution is 5.85. The summed E-state index contributed by atoms with van der Waals surface area (Å²) in [5.41, 5.74) is 1.29. The van der Waals surface area contributed by atoms with Crippen LogP contribution in [0.1, 0.15) is 18.2 Å². The smallest absolute Gasteiger partial charge is 0.274 e. The lowest BCUT2D eigenvalue weighted by molar-refractivity contribution is -0.127. The Kier molecular flexibility index (Phi) is 6.03. The number of benzene rings is 2. The molecule has 7 heteroatoms. The largest absolute Gasteiger partial charge is 0.481 e. The molecular formula is C24H22N4O3. The summed E-state index contributed by atoms with van der Waals surface area (Å²) in [6, 6.07) is 20.2. The van der Waals surface area contributed by atoms with Gasteiger partial charge in [0.05, 0.1) is 24.2 Å². The van der Waals surface area contributed by atoms with Gasteiger partial charge in [0.2, 0.25) is 0 Å². The van der Waals surface area contributed by atoms with Gasteiger partial charge in [-0.1, -0.05) is 42.5 Å². The van der Waals surface area contributed by atoms with E-state index in [0.29, 0.717) is 28.8 Å². The summed E-state index contributed by atoms with van der Waals surface area (Å²) >= 11 is 0. The Labute approximate surface area is 179 Å². The van der Waals surface area contributed by atoms with E-state index in [2.05, 4.69) is 15.4 Å². The average molecular weight is 414 g/mol. The van der Waals surface area contributed by atoms with Gasteiger partial charge >= 0.3 is 0 Å². The number of nitrogens with zero attached hydrogens (tertiary/aromatic N) is 3. The van der Waals surface area contributed by atoms with Gasteiger partial charge in [-0.05, 0) is 36.8 Å². The number of amides is 1. The molecule has 2 aromatic heterocycles. The molecule has 0 spiro atoms. The number of hydrogen-bond donors (Lipinski definition) is 1. The van der Waals surface area contributed by atoms with Crippen LogP contribution < -0.4 is 15.6 Å².